The van der Waals surface area contributed by atoms with Gasteiger partial charge >= 0.3 is 0 Å². The van der Waals surface area contributed by atoms with Crippen LogP contribution in [0.25, 0.3) is 0 Å². The van der Waals surface area contributed by atoms with Crippen molar-refractivity contribution in [1.29, 1.82) is 0 Å². The quantitative estimate of drug-likeness (QED) is 0.826. The van der Waals surface area contributed by atoms with Gasteiger partial charge in [-0.15, -0.1) is 0 Å². The highest BCUT2D eigenvalue weighted by Gasteiger charge is 2.41. The Morgan fingerprint density at radius 1 is 1.35 bits per heavy atom. The van der Waals surface area contributed by atoms with E-state index in [1.807, 2.05) is 0 Å². The fourth-order valence-corrected chi connectivity index (χ4v) is 2.39. The second-order valence-electron chi connectivity index (χ2n) is 4.94. The molecule has 1 N–H and O–H groups in total. The zero-order valence-electron chi connectivity index (χ0n) is 10.3. The van der Waals surface area contributed by atoms with Crippen molar-refractivity contribution in [2.45, 2.75) is 32.7 Å². The monoisotopic (exact) mass is 239 g/mol. The normalized spacial score (nSPS) is 24.7. The fraction of sp³-hybridized carbons (Fsp3) is 0.571. The second-order valence-corrected chi connectivity index (χ2v) is 4.94. The lowest BCUT2D eigenvalue weighted by molar-refractivity contribution is 0.420. The van der Waals surface area contributed by atoms with E-state index in [0.29, 0.717) is 11.8 Å². The molecule has 0 saturated heterocycles. The van der Waals surface area contributed by atoms with Gasteiger partial charge in [0.2, 0.25) is 0 Å². The van der Waals surface area contributed by atoms with E-state index in [4.69, 9.17) is 0 Å². The third-order valence-electron chi connectivity index (χ3n) is 3.52. The van der Waals surface area contributed by atoms with Gasteiger partial charge in [0.05, 0.1) is 0 Å². The largest absolute Gasteiger partial charge is 0.310 e. The topological polar surface area (TPSA) is 12.0 Å². The summed E-state index contributed by atoms with van der Waals surface area (Å²) < 4.78 is 27.5. The number of nitrogens with one attached hydrogen (secondary N) is 1. The number of hydrogen-bond acceptors (Lipinski definition) is 1. The number of benzene rings is 1. The molecule has 0 spiro atoms. The van der Waals surface area contributed by atoms with E-state index in [1.165, 1.54) is 18.2 Å². The Balaban J connectivity index is 2.25. The molecule has 3 unspecified atom stereocenters. The van der Waals surface area contributed by atoms with Crippen molar-refractivity contribution < 1.29 is 8.78 Å². The van der Waals surface area contributed by atoms with Crippen molar-refractivity contribution in [3.63, 3.8) is 0 Å². The van der Waals surface area contributed by atoms with Crippen LogP contribution in [0.1, 0.15) is 38.3 Å². The average Bonchev–Trinajstić information content (AvgIpc) is 2.99. The molecule has 0 aromatic heterocycles. The van der Waals surface area contributed by atoms with Crippen LogP contribution in [0.5, 0.6) is 0 Å². The van der Waals surface area contributed by atoms with Crippen LogP contribution in [0.3, 0.4) is 0 Å². The molecule has 3 heteroatoms. The van der Waals surface area contributed by atoms with Crippen molar-refractivity contribution in [1.82, 2.24) is 5.32 Å². The Labute approximate surface area is 101 Å². The first-order valence-corrected chi connectivity index (χ1v) is 6.32. The third-order valence-corrected chi connectivity index (χ3v) is 3.52. The summed E-state index contributed by atoms with van der Waals surface area (Å²) in [5, 5.41) is 3.28. The molecule has 94 valence electrons. The lowest BCUT2D eigenvalue weighted by Crippen LogP contribution is -2.26. The summed E-state index contributed by atoms with van der Waals surface area (Å²) in [7, 11) is 0. The molecule has 0 heterocycles. The van der Waals surface area contributed by atoms with Gasteiger partial charge in [0.1, 0.15) is 11.6 Å². The lowest BCUT2D eigenvalue weighted by atomic mass is 9.99. The maximum Gasteiger partial charge on any atom is 0.130 e. The van der Waals surface area contributed by atoms with E-state index < -0.39 is 11.6 Å². The lowest BCUT2D eigenvalue weighted by Gasteiger charge is -2.20. The first kappa shape index (κ1) is 12.5. The van der Waals surface area contributed by atoms with E-state index in [9.17, 15) is 8.78 Å². The summed E-state index contributed by atoms with van der Waals surface area (Å²) in [6, 6.07) is 3.92. The molecule has 2 rings (SSSR count). The van der Waals surface area contributed by atoms with Crippen LogP contribution in [0.15, 0.2) is 18.2 Å². The van der Waals surface area contributed by atoms with Crippen LogP contribution in [-0.4, -0.2) is 6.54 Å². The van der Waals surface area contributed by atoms with Gasteiger partial charge in [-0.25, -0.2) is 8.78 Å². The Morgan fingerprint density at radius 3 is 2.41 bits per heavy atom. The zero-order chi connectivity index (χ0) is 12.4. The van der Waals surface area contributed by atoms with Gasteiger partial charge in [0.15, 0.2) is 0 Å². The first-order valence-electron chi connectivity index (χ1n) is 6.32. The maximum atomic E-state index is 13.8. The third kappa shape index (κ3) is 2.65. The molecule has 1 nitrogen and oxygen atoms in total. The molecule has 3 atom stereocenters. The predicted octanol–water partition coefficient (Wildman–Crippen LogP) is 3.66. The zero-order valence-corrected chi connectivity index (χ0v) is 10.3. The van der Waals surface area contributed by atoms with Crippen molar-refractivity contribution in [2.75, 3.05) is 6.54 Å². The summed E-state index contributed by atoms with van der Waals surface area (Å²) in [5.74, 6) is 0.0618. The molecule has 1 aliphatic carbocycles. The van der Waals surface area contributed by atoms with Gasteiger partial charge in [0, 0.05) is 11.6 Å². The van der Waals surface area contributed by atoms with Gasteiger partial charge < -0.3 is 5.32 Å². The summed E-state index contributed by atoms with van der Waals surface area (Å²) in [5.41, 5.74) is 0.218. The van der Waals surface area contributed by atoms with E-state index in [0.717, 1.165) is 19.4 Å². The minimum Gasteiger partial charge on any atom is -0.310 e. The van der Waals surface area contributed by atoms with Gasteiger partial charge in [-0.3, -0.25) is 0 Å². The van der Waals surface area contributed by atoms with E-state index in [-0.39, 0.29) is 11.6 Å². The summed E-state index contributed by atoms with van der Waals surface area (Å²) in [4.78, 5) is 0. The second kappa shape index (κ2) is 5.13. The van der Waals surface area contributed by atoms with Crippen molar-refractivity contribution in [2.24, 2.45) is 11.8 Å². The highest BCUT2D eigenvalue weighted by atomic mass is 19.1. The van der Waals surface area contributed by atoms with Crippen LogP contribution in [0, 0.1) is 23.5 Å². The predicted molar refractivity (Wildman–Crippen MR) is 64.7 cm³/mol. The average molecular weight is 239 g/mol. The number of halogens is 2. The highest BCUT2D eigenvalue weighted by molar-refractivity contribution is 5.25. The van der Waals surface area contributed by atoms with Gasteiger partial charge in [-0.2, -0.15) is 0 Å². The van der Waals surface area contributed by atoms with Crippen molar-refractivity contribution >= 4 is 0 Å². The van der Waals surface area contributed by atoms with Crippen molar-refractivity contribution in [3.8, 4) is 0 Å². The molecule has 1 aromatic carbocycles. The summed E-state index contributed by atoms with van der Waals surface area (Å²) >= 11 is 0. The molecule has 17 heavy (non-hydrogen) atoms. The van der Waals surface area contributed by atoms with Crippen LogP contribution < -0.4 is 5.32 Å². The summed E-state index contributed by atoms with van der Waals surface area (Å²) in [6.07, 6.45) is 2.02. The molecule has 1 aromatic rings. The molecule has 1 fully saturated rings. The highest BCUT2D eigenvalue weighted by Crippen LogP contribution is 2.47. The molecule has 0 radical (unpaired) electrons. The van der Waals surface area contributed by atoms with Gasteiger partial charge in [0.25, 0.3) is 0 Å². The smallest absolute Gasteiger partial charge is 0.130 e. The van der Waals surface area contributed by atoms with Crippen LogP contribution in [0.4, 0.5) is 8.78 Å². The fourth-order valence-electron chi connectivity index (χ4n) is 2.39. The Bertz CT molecular complexity index is 372. The van der Waals surface area contributed by atoms with Crippen molar-refractivity contribution in [3.05, 3.63) is 35.4 Å². The maximum absolute atomic E-state index is 13.8. The molecular weight excluding hydrogens is 220 g/mol. The number of rotatable bonds is 5. The van der Waals surface area contributed by atoms with Crippen LogP contribution >= 0.6 is 0 Å². The Hall–Kier alpha value is -0.960. The van der Waals surface area contributed by atoms with Gasteiger partial charge in [-0.05, 0) is 43.4 Å². The molecule has 0 bridgehead atoms. The minimum atomic E-state index is -0.433. The van der Waals surface area contributed by atoms with E-state index in [2.05, 4.69) is 19.2 Å². The summed E-state index contributed by atoms with van der Waals surface area (Å²) in [6.45, 7) is 4.98. The first-order chi connectivity index (χ1) is 8.15. The number of hydrogen-bond donors (Lipinski definition) is 1. The van der Waals surface area contributed by atoms with E-state index in [1.54, 1.807) is 0 Å². The Kier molecular flexibility index (Phi) is 3.77. The molecular formula is C14H19F2N. The molecule has 0 aliphatic heterocycles. The molecule has 1 aliphatic rings. The molecule has 1 saturated carbocycles. The standard InChI is InChI=1S/C14H19F2N/c1-3-7-17-14(10-8-9(10)2)13-11(15)5-4-6-12(13)16/h4-6,9-10,14,17H,3,7-8H2,1-2H3. The molecule has 0 amide bonds. The van der Waals surface area contributed by atoms with E-state index >= 15 is 0 Å². The SMILES string of the molecule is CCCNC(c1c(F)cccc1F)C1CC1C. The minimum absolute atomic E-state index is 0.175. The Morgan fingerprint density at radius 2 is 1.94 bits per heavy atom. The van der Waals surface area contributed by atoms with Crippen LogP contribution in [0.2, 0.25) is 0 Å². The van der Waals surface area contributed by atoms with Crippen LogP contribution in [-0.2, 0) is 0 Å². The van der Waals surface area contributed by atoms with Gasteiger partial charge in [-0.1, -0.05) is 19.9 Å².